The van der Waals surface area contributed by atoms with Gasteiger partial charge < -0.3 is 15.0 Å². The van der Waals surface area contributed by atoms with Crippen LogP contribution in [-0.4, -0.2) is 11.1 Å². The summed E-state index contributed by atoms with van der Waals surface area (Å²) in [5, 5.41) is 19.7. The van der Waals surface area contributed by atoms with Crippen LogP contribution in [0.25, 0.3) is 0 Å². The van der Waals surface area contributed by atoms with Crippen molar-refractivity contribution in [2.75, 3.05) is 0 Å². The minimum absolute atomic E-state index is 0. The number of aliphatic hydroxyl groups excluding tert-OH is 1. The third kappa shape index (κ3) is 22.0. The third-order valence-electron chi connectivity index (χ3n) is 4.04. The van der Waals surface area contributed by atoms with Crippen LogP contribution >= 0.6 is 0 Å². The van der Waals surface area contributed by atoms with Gasteiger partial charge in [0.2, 0.25) is 0 Å². The molecule has 0 amide bonds. The summed E-state index contributed by atoms with van der Waals surface area (Å²) in [6, 6.07) is 0. The van der Waals surface area contributed by atoms with Crippen molar-refractivity contribution in [1.82, 2.24) is 0 Å². The Labute approximate surface area is 165 Å². The maximum Gasteiger partial charge on any atom is 1.00 e. The predicted molar refractivity (Wildman–Crippen MR) is 90.6 cm³/mol. The standard InChI is InChI=1S/C19H36O3.Na/c1-2-3-4-5-6-7-8-9-10-11-12-13-14-15-18(20)16-17-19(21)22;/h16,20H,2-15,17H2,1H3,(H,21,22);/q;+1/p-1. The Balaban J connectivity index is 0. The number of aliphatic hydroxyl groups is 1. The average Bonchev–Trinajstić information content (AvgIpc) is 2.49. The Morgan fingerprint density at radius 1 is 0.826 bits per heavy atom. The number of hydrogen-bond acceptors (Lipinski definition) is 3. The molecule has 0 radical (unpaired) electrons. The summed E-state index contributed by atoms with van der Waals surface area (Å²) >= 11 is 0. The van der Waals surface area contributed by atoms with E-state index < -0.39 is 5.97 Å². The van der Waals surface area contributed by atoms with Crippen LogP contribution in [0.15, 0.2) is 11.8 Å². The Bertz CT molecular complexity index is 290. The third-order valence-corrected chi connectivity index (χ3v) is 4.04. The number of carbonyl (C=O) groups is 1. The first-order valence-corrected chi connectivity index (χ1v) is 9.24. The summed E-state index contributed by atoms with van der Waals surface area (Å²) in [6.07, 6.45) is 18.6. The molecule has 0 fully saturated rings. The molecule has 0 aliphatic carbocycles. The van der Waals surface area contributed by atoms with Crippen LogP contribution in [-0.2, 0) is 4.79 Å². The van der Waals surface area contributed by atoms with Gasteiger partial charge >= 0.3 is 29.6 Å². The minimum Gasteiger partial charge on any atom is -0.550 e. The molecule has 0 aromatic carbocycles. The van der Waals surface area contributed by atoms with Crippen LogP contribution in [0.1, 0.15) is 103 Å². The molecule has 0 saturated carbocycles. The molecular formula is C19H35NaO3. The van der Waals surface area contributed by atoms with Gasteiger partial charge in [-0.2, -0.15) is 0 Å². The van der Waals surface area contributed by atoms with Crippen LogP contribution in [0.4, 0.5) is 0 Å². The second-order valence-corrected chi connectivity index (χ2v) is 6.26. The van der Waals surface area contributed by atoms with Gasteiger partial charge in [-0.25, -0.2) is 0 Å². The Morgan fingerprint density at radius 3 is 1.61 bits per heavy atom. The molecule has 1 N–H and O–H groups in total. The molecule has 130 valence electrons. The fraction of sp³-hybridized carbons (Fsp3) is 0.842. The van der Waals surface area contributed by atoms with Crippen molar-refractivity contribution in [3.8, 4) is 0 Å². The smallest absolute Gasteiger partial charge is 0.550 e. The fourth-order valence-corrected chi connectivity index (χ4v) is 2.63. The van der Waals surface area contributed by atoms with Crippen molar-refractivity contribution in [3.63, 3.8) is 0 Å². The summed E-state index contributed by atoms with van der Waals surface area (Å²) < 4.78 is 0. The number of hydrogen-bond donors (Lipinski definition) is 1. The molecule has 0 heterocycles. The van der Waals surface area contributed by atoms with Gasteiger partial charge in [-0.3, -0.25) is 0 Å². The van der Waals surface area contributed by atoms with Gasteiger partial charge in [-0.05, 0) is 12.5 Å². The van der Waals surface area contributed by atoms with Gasteiger partial charge in [0.05, 0.1) is 5.76 Å². The summed E-state index contributed by atoms with van der Waals surface area (Å²) in [4.78, 5) is 10.2. The predicted octanol–water partition coefficient (Wildman–Crippen LogP) is 2.05. The van der Waals surface area contributed by atoms with E-state index in [1.54, 1.807) is 0 Å². The van der Waals surface area contributed by atoms with E-state index in [1.807, 2.05) is 0 Å². The molecule has 0 rings (SSSR count). The summed E-state index contributed by atoms with van der Waals surface area (Å²) in [7, 11) is 0. The van der Waals surface area contributed by atoms with Gasteiger partial charge in [-0.1, -0.05) is 84.0 Å². The van der Waals surface area contributed by atoms with Gasteiger partial charge in [0.15, 0.2) is 0 Å². The normalized spacial score (nSPS) is 11.3. The fourth-order valence-electron chi connectivity index (χ4n) is 2.63. The monoisotopic (exact) mass is 334 g/mol. The molecule has 23 heavy (non-hydrogen) atoms. The zero-order valence-electron chi connectivity index (χ0n) is 15.4. The molecule has 0 atom stereocenters. The molecule has 0 aliphatic heterocycles. The van der Waals surface area contributed by atoms with E-state index in [1.165, 1.54) is 76.7 Å². The van der Waals surface area contributed by atoms with Crippen molar-refractivity contribution >= 4 is 5.97 Å². The quantitative estimate of drug-likeness (QED) is 0.267. The van der Waals surface area contributed by atoms with Crippen LogP contribution < -0.4 is 34.7 Å². The van der Waals surface area contributed by atoms with E-state index in [0.717, 1.165) is 12.8 Å². The van der Waals surface area contributed by atoms with E-state index in [0.29, 0.717) is 6.42 Å². The zero-order valence-corrected chi connectivity index (χ0v) is 17.4. The molecular weight excluding hydrogens is 299 g/mol. The summed E-state index contributed by atoms with van der Waals surface area (Å²) in [6.45, 7) is 2.26. The van der Waals surface area contributed by atoms with E-state index in [-0.39, 0.29) is 41.7 Å². The molecule has 0 aliphatic rings. The Hall–Kier alpha value is 0.0100. The van der Waals surface area contributed by atoms with Gasteiger partial charge in [0.1, 0.15) is 0 Å². The number of carboxylic acid groups (broad SMARTS) is 1. The molecule has 0 saturated heterocycles. The number of carbonyl (C=O) groups excluding carboxylic acids is 1. The molecule has 0 bridgehead atoms. The number of allylic oxidation sites excluding steroid dienone is 1. The SMILES string of the molecule is CCCCCCCCCCCCCCCC(O)=CCC(=O)[O-].[Na+]. The molecule has 0 spiro atoms. The Kier molecular flexibility index (Phi) is 22.0. The van der Waals surface area contributed by atoms with Crippen molar-refractivity contribution in [2.24, 2.45) is 0 Å². The van der Waals surface area contributed by atoms with Crippen molar-refractivity contribution in [3.05, 3.63) is 11.8 Å². The second kappa shape index (κ2) is 20.1. The average molecular weight is 334 g/mol. The Morgan fingerprint density at radius 2 is 1.22 bits per heavy atom. The number of aliphatic carboxylic acids is 1. The number of carboxylic acids is 1. The number of unbranched alkanes of at least 4 members (excludes halogenated alkanes) is 12. The van der Waals surface area contributed by atoms with Crippen LogP contribution in [0, 0.1) is 0 Å². The second-order valence-electron chi connectivity index (χ2n) is 6.26. The molecule has 0 unspecified atom stereocenters. The van der Waals surface area contributed by atoms with Crippen LogP contribution in [0.2, 0.25) is 0 Å². The number of rotatable bonds is 16. The van der Waals surface area contributed by atoms with Crippen LogP contribution in [0.3, 0.4) is 0 Å². The molecule has 0 aromatic heterocycles. The van der Waals surface area contributed by atoms with Crippen molar-refractivity contribution < 1.29 is 44.6 Å². The maximum atomic E-state index is 10.2. The minimum atomic E-state index is -1.14. The summed E-state index contributed by atoms with van der Waals surface area (Å²) in [5.74, 6) is -0.954. The van der Waals surface area contributed by atoms with Gasteiger partial charge in [0, 0.05) is 18.8 Å². The molecule has 0 aromatic rings. The molecule has 3 nitrogen and oxygen atoms in total. The van der Waals surface area contributed by atoms with E-state index in [9.17, 15) is 15.0 Å². The van der Waals surface area contributed by atoms with E-state index in [4.69, 9.17) is 0 Å². The van der Waals surface area contributed by atoms with Crippen molar-refractivity contribution in [1.29, 1.82) is 0 Å². The van der Waals surface area contributed by atoms with E-state index in [2.05, 4.69) is 6.92 Å². The zero-order chi connectivity index (χ0) is 16.5. The topological polar surface area (TPSA) is 60.4 Å². The first-order chi connectivity index (χ1) is 10.7. The first kappa shape index (κ1) is 25.3. The van der Waals surface area contributed by atoms with Gasteiger partial charge in [0.25, 0.3) is 0 Å². The summed E-state index contributed by atoms with van der Waals surface area (Å²) in [5.41, 5.74) is 0. The van der Waals surface area contributed by atoms with Crippen molar-refractivity contribution in [2.45, 2.75) is 103 Å². The largest absolute Gasteiger partial charge is 1.00 e. The van der Waals surface area contributed by atoms with E-state index >= 15 is 0 Å². The van der Waals surface area contributed by atoms with Crippen LogP contribution in [0.5, 0.6) is 0 Å². The first-order valence-electron chi connectivity index (χ1n) is 9.24. The molecule has 4 heteroatoms. The van der Waals surface area contributed by atoms with Gasteiger partial charge in [-0.15, -0.1) is 0 Å². The maximum absolute atomic E-state index is 10.2.